The lowest BCUT2D eigenvalue weighted by Crippen LogP contribution is -2.18. The van der Waals surface area contributed by atoms with Crippen LogP contribution in [0.5, 0.6) is 0 Å². The summed E-state index contributed by atoms with van der Waals surface area (Å²) in [5.41, 5.74) is 3.30. The Hall–Kier alpha value is -1.17. The smallest absolute Gasteiger partial charge is 0.0766 e. The summed E-state index contributed by atoms with van der Waals surface area (Å²) in [5, 5.41) is 7.83. The molecule has 1 N–H and O–H groups in total. The Morgan fingerprint density at radius 3 is 2.95 bits per heavy atom. The van der Waals surface area contributed by atoms with Crippen molar-refractivity contribution in [1.29, 1.82) is 0 Å². The molecule has 5 heteroatoms. The van der Waals surface area contributed by atoms with Gasteiger partial charge in [0.15, 0.2) is 0 Å². The second-order valence-corrected chi connectivity index (χ2v) is 5.21. The zero-order valence-corrected chi connectivity index (χ0v) is 12.8. The number of benzene rings is 1. The molecule has 1 aromatic heterocycles. The topological polar surface area (TPSA) is 39.1 Å². The van der Waals surface area contributed by atoms with Gasteiger partial charge in [-0.25, -0.2) is 4.68 Å². The van der Waals surface area contributed by atoms with Gasteiger partial charge in [-0.2, -0.15) is 5.10 Å². The zero-order valence-electron chi connectivity index (χ0n) is 11.2. The normalized spacial score (nSPS) is 10.9. The highest BCUT2D eigenvalue weighted by Crippen LogP contribution is 2.19. The van der Waals surface area contributed by atoms with Crippen molar-refractivity contribution in [3.05, 3.63) is 46.2 Å². The number of methoxy groups -OCH3 is 1. The van der Waals surface area contributed by atoms with Crippen LogP contribution >= 0.6 is 15.9 Å². The molecule has 0 aliphatic heterocycles. The SMILES string of the molecule is COCCNCc1ccn(-c2ccc(Br)c(C)c2)n1. The minimum Gasteiger partial charge on any atom is -0.383 e. The number of hydrogen-bond donors (Lipinski definition) is 1. The van der Waals surface area contributed by atoms with Crippen molar-refractivity contribution in [2.24, 2.45) is 0 Å². The largest absolute Gasteiger partial charge is 0.383 e. The van der Waals surface area contributed by atoms with Crippen molar-refractivity contribution in [2.45, 2.75) is 13.5 Å². The van der Waals surface area contributed by atoms with E-state index in [1.165, 1.54) is 5.56 Å². The summed E-state index contributed by atoms with van der Waals surface area (Å²) in [6.45, 7) is 4.38. The molecule has 0 amide bonds. The molecule has 1 heterocycles. The lowest BCUT2D eigenvalue weighted by Gasteiger charge is -2.04. The molecule has 2 aromatic rings. The maximum Gasteiger partial charge on any atom is 0.0766 e. The fraction of sp³-hybridized carbons (Fsp3) is 0.357. The molecule has 0 aliphatic rings. The Bertz CT molecular complexity index is 539. The van der Waals surface area contributed by atoms with Gasteiger partial charge in [-0.3, -0.25) is 0 Å². The summed E-state index contributed by atoms with van der Waals surface area (Å²) in [5.74, 6) is 0. The van der Waals surface area contributed by atoms with Gasteiger partial charge in [0.25, 0.3) is 0 Å². The molecule has 4 nitrogen and oxygen atoms in total. The summed E-state index contributed by atoms with van der Waals surface area (Å²) in [7, 11) is 1.70. The lowest BCUT2D eigenvalue weighted by atomic mass is 10.2. The molecule has 0 bridgehead atoms. The third kappa shape index (κ3) is 3.89. The maximum atomic E-state index is 4.99. The first-order chi connectivity index (χ1) is 9.20. The van der Waals surface area contributed by atoms with Gasteiger partial charge in [0.1, 0.15) is 0 Å². The van der Waals surface area contributed by atoms with Crippen LogP contribution in [0.3, 0.4) is 0 Å². The van der Waals surface area contributed by atoms with Crippen LogP contribution in [-0.4, -0.2) is 30.0 Å². The molecule has 1 aromatic carbocycles. The number of nitrogens with one attached hydrogen (secondary N) is 1. The van der Waals surface area contributed by atoms with Crippen molar-refractivity contribution >= 4 is 15.9 Å². The van der Waals surface area contributed by atoms with Crippen molar-refractivity contribution < 1.29 is 4.74 Å². The molecule has 102 valence electrons. The Balaban J connectivity index is 2.01. The van der Waals surface area contributed by atoms with Crippen LogP contribution in [0.2, 0.25) is 0 Å². The van der Waals surface area contributed by atoms with Crippen LogP contribution < -0.4 is 5.32 Å². The summed E-state index contributed by atoms with van der Waals surface area (Å²) in [6.07, 6.45) is 1.98. The van der Waals surface area contributed by atoms with Crippen LogP contribution in [0.4, 0.5) is 0 Å². The van der Waals surface area contributed by atoms with Crippen molar-refractivity contribution in [3.8, 4) is 5.69 Å². The number of rotatable bonds is 6. The fourth-order valence-electron chi connectivity index (χ4n) is 1.76. The van der Waals surface area contributed by atoms with Crippen molar-refractivity contribution in [3.63, 3.8) is 0 Å². The number of nitrogens with zero attached hydrogens (tertiary/aromatic N) is 2. The molecule has 0 saturated carbocycles. The predicted octanol–water partition coefficient (Wildman–Crippen LogP) is 2.68. The van der Waals surface area contributed by atoms with E-state index in [1.807, 2.05) is 29.1 Å². The van der Waals surface area contributed by atoms with Gasteiger partial charge in [0.2, 0.25) is 0 Å². The molecular weight excluding hydrogens is 306 g/mol. The first kappa shape index (κ1) is 14.2. The number of hydrogen-bond acceptors (Lipinski definition) is 3. The Kier molecular flexibility index (Phi) is 5.13. The van der Waals surface area contributed by atoms with Crippen LogP contribution in [0, 0.1) is 6.92 Å². The van der Waals surface area contributed by atoms with Crippen LogP contribution in [-0.2, 0) is 11.3 Å². The number of ether oxygens (including phenoxy) is 1. The van der Waals surface area contributed by atoms with E-state index in [9.17, 15) is 0 Å². The van der Waals surface area contributed by atoms with Gasteiger partial charge in [-0.05, 0) is 36.8 Å². The highest BCUT2D eigenvalue weighted by molar-refractivity contribution is 9.10. The molecule has 19 heavy (non-hydrogen) atoms. The van der Waals surface area contributed by atoms with E-state index in [-0.39, 0.29) is 0 Å². The highest BCUT2D eigenvalue weighted by Gasteiger charge is 2.02. The van der Waals surface area contributed by atoms with E-state index in [0.717, 1.165) is 28.9 Å². The maximum absolute atomic E-state index is 4.99. The van der Waals surface area contributed by atoms with Crippen molar-refractivity contribution in [2.75, 3.05) is 20.3 Å². The van der Waals surface area contributed by atoms with E-state index < -0.39 is 0 Å². The molecular formula is C14H18BrN3O. The molecule has 0 radical (unpaired) electrons. The Labute approximate surface area is 121 Å². The van der Waals surface area contributed by atoms with Crippen LogP contribution in [0.25, 0.3) is 5.69 Å². The predicted molar refractivity (Wildman–Crippen MR) is 79.6 cm³/mol. The van der Waals surface area contributed by atoms with E-state index in [2.05, 4.69) is 39.3 Å². The third-order valence-corrected chi connectivity index (χ3v) is 3.73. The fourth-order valence-corrected chi connectivity index (χ4v) is 2.01. The number of aromatic nitrogens is 2. The minimum atomic E-state index is 0.715. The summed E-state index contributed by atoms with van der Waals surface area (Å²) < 4.78 is 8.00. The number of aryl methyl sites for hydroxylation is 1. The molecule has 0 saturated heterocycles. The lowest BCUT2D eigenvalue weighted by molar-refractivity contribution is 0.199. The zero-order chi connectivity index (χ0) is 13.7. The Morgan fingerprint density at radius 2 is 2.21 bits per heavy atom. The second-order valence-electron chi connectivity index (χ2n) is 4.35. The molecule has 0 unspecified atom stereocenters. The van der Waals surface area contributed by atoms with E-state index in [1.54, 1.807) is 7.11 Å². The highest BCUT2D eigenvalue weighted by atomic mass is 79.9. The van der Waals surface area contributed by atoms with Gasteiger partial charge < -0.3 is 10.1 Å². The summed E-state index contributed by atoms with van der Waals surface area (Å²) in [6, 6.07) is 8.23. The molecule has 0 atom stereocenters. The van der Waals surface area contributed by atoms with E-state index >= 15 is 0 Å². The summed E-state index contributed by atoms with van der Waals surface area (Å²) in [4.78, 5) is 0. The van der Waals surface area contributed by atoms with E-state index in [0.29, 0.717) is 6.61 Å². The van der Waals surface area contributed by atoms with Crippen LogP contribution in [0.1, 0.15) is 11.3 Å². The average Bonchev–Trinajstić information content (AvgIpc) is 2.87. The quantitative estimate of drug-likeness (QED) is 0.831. The Morgan fingerprint density at radius 1 is 1.37 bits per heavy atom. The van der Waals surface area contributed by atoms with E-state index in [4.69, 9.17) is 4.74 Å². The van der Waals surface area contributed by atoms with Crippen LogP contribution in [0.15, 0.2) is 34.9 Å². The van der Waals surface area contributed by atoms with Gasteiger partial charge >= 0.3 is 0 Å². The molecule has 0 aliphatic carbocycles. The molecule has 0 spiro atoms. The molecule has 0 fully saturated rings. The first-order valence-corrected chi connectivity index (χ1v) is 7.01. The standard InChI is InChI=1S/C14H18BrN3O/c1-11-9-13(3-4-14(11)15)18-7-5-12(17-18)10-16-6-8-19-2/h3-5,7,9,16H,6,8,10H2,1-2H3. The number of halogens is 1. The van der Waals surface area contributed by atoms with Gasteiger partial charge in [-0.15, -0.1) is 0 Å². The first-order valence-electron chi connectivity index (χ1n) is 6.21. The monoisotopic (exact) mass is 323 g/mol. The minimum absolute atomic E-state index is 0.715. The van der Waals surface area contributed by atoms with Gasteiger partial charge in [-0.1, -0.05) is 15.9 Å². The van der Waals surface area contributed by atoms with Gasteiger partial charge in [0, 0.05) is 30.9 Å². The van der Waals surface area contributed by atoms with Gasteiger partial charge in [0.05, 0.1) is 18.0 Å². The average molecular weight is 324 g/mol. The summed E-state index contributed by atoms with van der Waals surface area (Å²) >= 11 is 3.50. The second kappa shape index (κ2) is 6.84. The molecule has 2 rings (SSSR count). The third-order valence-electron chi connectivity index (χ3n) is 2.84. The van der Waals surface area contributed by atoms with Crippen molar-refractivity contribution in [1.82, 2.24) is 15.1 Å².